The van der Waals surface area contributed by atoms with Gasteiger partial charge in [0.05, 0.1) is 10.5 Å². The van der Waals surface area contributed by atoms with Gasteiger partial charge in [0, 0.05) is 15.6 Å². The Bertz CT molecular complexity index is 508. The van der Waals surface area contributed by atoms with Gasteiger partial charge in [0.25, 0.3) is 0 Å². The van der Waals surface area contributed by atoms with Crippen LogP contribution in [0.3, 0.4) is 0 Å². The van der Waals surface area contributed by atoms with E-state index < -0.39 is 0 Å². The average Bonchev–Trinajstić information content (AvgIpc) is 2.16. The van der Waals surface area contributed by atoms with Crippen molar-refractivity contribution in [1.29, 1.82) is 0 Å². The van der Waals surface area contributed by atoms with E-state index in [0.717, 1.165) is 31.7 Å². The molecule has 14 heavy (non-hydrogen) atoms. The van der Waals surface area contributed by atoms with Crippen molar-refractivity contribution in [3.8, 4) is 0 Å². The largest absolute Gasteiger partial charge is 0.253 e. The van der Waals surface area contributed by atoms with E-state index in [0.29, 0.717) is 0 Å². The van der Waals surface area contributed by atoms with Crippen LogP contribution < -0.4 is 0 Å². The van der Waals surface area contributed by atoms with Gasteiger partial charge in [-0.25, -0.2) is 0 Å². The topological polar surface area (TPSA) is 12.9 Å². The Hall–Kier alpha value is -0.600. The molecule has 0 bridgehead atoms. The van der Waals surface area contributed by atoms with Gasteiger partial charge in [-0.2, -0.15) is 0 Å². The molecule has 1 aromatic heterocycles. The van der Waals surface area contributed by atoms with Gasteiger partial charge in [0.1, 0.15) is 0 Å². The third-order valence-electron chi connectivity index (χ3n) is 2.36. The molecule has 0 unspecified atom stereocenters. The van der Waals surface area contributed by atoms with Gasteiger partial charge in [0.2, 0.25) is 0 Å². The summed E-state index contributed by atoms with van der Waals surface area (Å²) in [6.45, 7) is 3.97. The Morgan fingerprint density at radius 3 is 2.71 bits per heavy atom. The fourth-order valence-corrected chi connectivity index (χ4v) is 2.06. The van der Waals surface area contributed by atoms with Crippen molar-refractivity contribution in [2.45, 2.75) is 13.8 Å². The minimum Gasteiger partial charge on any atom is -0.253 e. The number of rotatable bonds is 0. The second kappa shape index (κ2) is 3.52. The summed E-state index contributed by atoms with van der Waals surface area (Å²) in [7, 11) is 0. The lowest BCUT2D eigenvalue weighted by Gasteiger charge is -2.06. The molecule has 72 valence electrons. The Balaban J connectivity index is 2.92. The van der Waals surface area contributed by atoms with Gasteiger partial charge in [-0.3, -0.25) is 4.98 Å². The maximum Gasteiger partial charge on any atom is 0.0721 e. The van der Waals surface area contributed by atoms with E-state index in [4.69, 9.17) is 11.6 Å². The number of pyridine rings is 1. The van der Waals surface area contributed by atoms with E-state index in [1.807, 2.05) is 32.0 Å². The molecule has 1 nitrogen and oxygen atoms in total. The SMILES string of the molecule is Cc1nc2ccc(Br)cc2c(Cl)c1C. The van der Waals surface area contributed by atoms with Gasteiger partial charge >= 0.3 is 0 Å². The number of hydrogen-bond acceptors (Lipinski definition) is 1. The van der Waals surface area contributed by atoms with Crippen molar-refractivity contribution in [3.05, 3.63) is 39.0 Å². The molecule has 2 rings (SSSR count). The highest BCUT2D eigenvalue weighted by molar-refractivity contribution is 9.10. The molecule has 0 radical (unpaired) electrons. The molecule has 0 spiro atoms. The maximum atomic E-state index is 6.24. The second-order valence-electron chi connectivity index (χ2n) is 3.30. The van der Waals surface area contributed by atoms with Crippen LogP contribution in [0.5, 0.6) is 0 Å². The molecular weight excluding hydrogens is 261 g/mol. The van der Waals surface area contributed by atoms with Crippen LogP contribution in [0, 0.1) is 13.8 Å². The third kappa shape index (κ3) is 1.53. The molecule has 0 saturated heterocycles. The number of hydrogen-bond donors (Lipinski definition) is 0. The van der Waals surface area contributed by atoms with Crippen molar-refractivity contribution in [2.75, 3.05) is 0 Å². The van der Waals surface area contributed by atoms with Gasteiger partial charge in [-0.15, -0.1) is 0 Å². The fourth-order valence-electron chi connectivity index (χ4n) is 1.41. The zero-order valence-electron chi connectivity index (χ0n) is 7.94. The van der Waals surface area contributed by atoms with Crippen LogP contribution in [0.4, 0.5) is 0 Å². The van der Waals surface area contributed by atoms with Crippen LogP contribution in [0.25, 0.3) is 10.9 Å². The molecule has 0 aliphatic carbocycles. The highest BCUT2D eigenvalue weighted by Gasteiger charge is 2.06. The molecule has 0 aliphatic heterocycles. The summed E-state index contributed by atoms with van der Waals surface area (Å²) in [4.78, 5) is 4.47. The molecule has 0 saturated carbocycles. The Morgan fingerprint density at radius 2 is 2.00 bits per heavy atom. The fraction of sp³-hybridized carbons (Fsp3) is 0.182. The number of nitrogens with zero attached hydrogens (tertiary/aromatic N) is 1. The summed E-state index contributed by atoms with van der Waals surface area (Å²) in [5, 5.41) is 1.80. The van der Waals surface area contributed by atoms with Crippen LogP contribution in [0.1, 0.15) is 11.3 Å². The molecule has 0 N–H and O–H groups in total. The van der Waals surface area contributed by atoms with E-state index in [2.05, 4.69) is 20.9 Å². The summed E-state index contributed by atoms with van der Waals surface area (Å²) in [6, 6.07) is 5.94. The monoisotopic (exact) mass is 269 g/mol. The molecular formula is C11H9BrClN. The predicted octanol–water partition coefficient (Wildman–Crippen LogP) is 4.27. The Labute approximate surface area is 96.2 Å². The Kier molecular flexibility index (Phi) is 2.50. The minimum absolute atomic E-state index is 0.800. The smallest absolute Gasteiger partial charge is 0.0721 e. The first-order valence-electron chi connectivity index (χ1n) is 4.31. The quantitative estimate of drug-likeness (QED) is 0.697. The van der Waals surface area contributed by atoms with Gasteiger partial charge in [-0.05, 0) is 37.6 Å². The molecule has 2 aromatic rings. The number of aromatic nitrogens is 1. The molecule has 3 heteroatoms. The van der Waals surface area contributed by atoms with E-state index in [-0.39, 0.29) is 0 Å². The van der Waals surface area contributed by atoms with Gasteiger partial charge < -0.3 is 0 Å². The highest BCUT2D eigenvalue weighted by Crippen LogP contribution is 2.29. The number of halogens is 2. The lowest BCUT2D eigenvalue weighted by molar-refractivity contribution is 1.20. The molecule has 1 heterocycles. The minimum atomic E-state index is 0.800. The van der Waals surface area contributed by atoms with Crippen LogP contribution >= 0.6 is 27.5 Å². The van der Waals surface area contributed by atoms with Crippen LogP contribution in [-0.4, -0.2) is 4.98 Å². The predicted molar refractivity (Wildman–Crippen MR) is 63.9 cm³/mol. The summed E-state index contributed by atoms with van der Waals surface area (Å²) in [5.41, 5.74) is 2.99. The first-order valence-corrected chi connectivity index (χ1v) is 5.48. The van der Waals surface area contributed by atoms with Crippen molar-refractivity contribution in [3.63, 3.8) is 0 Å². The zero-order valence-corrected chi connectivity index (χ0v) is 10.3. The average molecular weight is 271 g/mol. The molecule has 0 amide bonds. The first kappa shape index (κ1) is 9.94. The van der Waals surface area contributed by atoms with Crippen LogP contribution in [-0.2, 0) is 0 Å². The van der Waals surface area contributed by atoms with Crippen molar-refractivity contribution in [2.24, 2.45) is 0 Å². The van der Waals surface area contributed by atoms with Gasteiger partial charge in [0.15, 0.2) is 0 Å². The summed E-state index contributed by atoms with van der Waals surface area (Å²) >= 11 is 9.67. The van der Waals surface area contributed by atoms with Crippen molar-refractivity contribution < 1.29 is 0 Å². The van der Waals surface area contributed by atoms with Crippen LogP contribution in [0.2, 0.25) is 5.02 Å². The first-order chi connectivity index (χ1) is 6.59. The molecule has 0 atom stereocenters. The van der Waals surface area contributed by atoms with Crippen molar-refractivity contribution >= 4 is 38.4 Å². The van der Waals surface area contributed by atoms with E-state index in [9.17, 15) is 0 Å². The van der Waals surface area contributed by atoms with E-state index in [1.54, 1.807) is 0 Å². The summed E-state index contributed by atoms with van der Waals surface area (Å²) in [5.74, 6) is 0. The van der Waals surface area contributed by atoms with Crippen LogP contribution in [0.15, 0.2) is 22.7 Å². The zero-order chi connectivity index (χ0) is 10.3. The normalized spacial score (nSPS) is 10.9. The van der Waals surface area contributed by atoms with Gasteiger partial charge in [-0.1, -0.05) is 27.5 Å². The lowest BCUT2D eigenvalue weighted by atomic mass is 10.1. The molecule has 0 aliphatic rings. The lowest BCUT2D eigenvalue weighted by Crippen LogP contribution is -1.90. The number of fused-ring (bicyclic) bond motifs is 1. The number of aryl methyl sites for hydroxylation is 1. The Morgan fingerprint density at radius 1 is 1.29 bits per heavy atom. The summed E-state index contributed by atoms with van der Waals surface area (Å²) < 4.78 is 1.02. The second-order valence-corrected chi connectivity index (χ2v) is 4.59. The summed E-state index contributed by atoms with van der Waals surface area (Å²) in [6.07, 6.45) is 0. The third-order valence-corrected chi connectivity index (χ3v) is 3.34. The number of benzene rings is 1. The van der Waals surface area contributed by atoms with E-state index in [1.165, 1.54) is 0 Å². The standard InChI is InChI=1S/C11H9BrClN/c1-6-7(2)14-10-4-3-8(12)5-9(10)11(6)13/h3-5H,1-2H3. The van der Waals surface area contributed by atoms with Crippen molar-refractivity contribution in [1.82, 2.24) is 4.98 Å². The molecule has 0 fully saturated rings. The maximum absolute atomic E-state index is 6.24. The highest BCUT2D eigenvalue weighted by atomic mass is 79.9. The van der Waals surface area contributed by atoms with E-state index >= 15 is 0 Å². The molecule has 1 aromatic carbocycles.